The first-order chi connectivity index (χ1) is 16.3. The molecule has 4 rings (SSSR count). The molecule has 1 heterocycles. The number of hydrogen-bond donors (Lipinski definition) is 0. The summed E-state index contributed by atoms with van der Waals surface area (Å²) < 4.78 is 13.7. The second-order valence-electron chi connectivity index (χ2n) is 8.22. The SMILES string of the molecule is COc1ccc(CC(C(=O)c2ccc(C)c(C)c2)=C(C(=O)[O-])c2ccc3nsnc3c2)cc1C.[Na+]. The smallest absolute Gasteiger partial charge is 0.545 e. The summed E-state index contributed by atoms with van der Waals surface area (Å²) in [7, 11) is 1.59. The van der Waals surface area contributed by atoms with E-state index in [1.54, 1.807) is 37.4 Å². The third kappa shape index (κ3) is 5.70. The van der Waals surface area contributed by atoms with Crippen molar-refractivity contribution >= 4 is 40.1 Å². The molecule has 1 aromatic heterocycles. The topological polar surface area (TPSA) is 92.2 Å². The molecule has 0 amide bonds. The molecule has 0 unspecified atom stereocenters. The zero-order chi connectivity index (χ0) is 24.4. The van der Waals surface area contributed by atoms with E-state index in [-0.39, 0.29) is 52.9 Å². The Hall–Kier alpha value is -2.84. The first kappa shape index (κ1) is 26.8. The molecule has 0 saturated heterocycles. The Balaban J connectivity index is 0.00000342. The minimum Gasteiger partial charge on any atom is -0.545 e. The Morgan fingerprint density at radius 1 is 0.857 bits per heavy atom. The van der Waals surface area contributed by atoms with E-state index >= 15 is 0 Å². The van der Waals surface area contributed by atoms with Crippen molar-refractivity contribution in [2.24, 2.45) is 0 Å². The molecule has 0 aliphatic carbocycles. The molecule has 0 saturated carbocycles. The average molecular weight is 495 g/mol. The number of benzene rings is 3. The molecule has 6 nitrogen and oxygen atoms in total. The summed E-state index contributed by atoms with van der Waals surface area (Å²) in [6, 6.07) is 15.9. The zero-order valence-corrected chi connectivity index (χ0v) is 23.2. The maximum absolute atomic E-state index is 13.8. The number of carboxylic acid groups (broad SMARTS) is 1. The number of ether oxygens (including phenoxy) is 1. The fourth-order valence-corrected chi connectivity index (χ4v) is 4.46. The minimum absolute atomic E-state index is 0. The van der Waals surface area contributed by atoms with E-state index in [9.17, 15) is 14.7 Å². The second-order valence-corrected chi connectivity index (χ2v) is 8.75. The third-order valence-electron chi connectivity index (χ3n) is 5.93. The Morgan fingerprint density at radius 3 is 2.23 bits per heavy atom. The van der Waals surface area contributed by atoms with Gasteiger partial charge in [-0.3, -0.25) is 4.79 Å². The fourth-order valence-electron chi connectivity index (χ4n) is 3.95. The van der Waals surface area contributed by atoms with Crippen molar-refractivity contribution in [3.63, 3.8) is 0 Å². The average Bonchev–Trinajstić information content (AvgIpc) is 3.28. The third-order valence-corrected chi connectivity index (χ3v) is 6.49. The molecule has 0 radical (unpaired) electrons. The van der Waals surface area contributed by atoms with E-state index in [1.807, 2.05) is 45.0 Å². The maximum atomic E-state index is 13.8. The predicted octanol–water partition coefficient (Wildman–Crippen LogP) is 1.26. The number of aliphatic carboxylic acids is 1. The fraction of sp³-hybridized carbons (Fsp3) is 0.185. The van der Waals surface area contributed by atoms with Crippen LogP contribution in [0.4, 0.5) is 0 Å². The quantitative estimate of drug-likeness (QED) is 0.218. The number of allylic oxidation sites excluding steroid dienone is 1. The van der Waals surface area contributed by atoms with Gasteiger partial charge in [-0.2, -0.15) is 8.75 Å². The molecule has 0 bridgehead atoms. The number of carboxylic acids is 1. The summed E-state index contributed by atoms with van der Waals surface area (Å²) >= 11 is 1.05. The van der Waals surface area contributed by atoms with Crippen LogP contribution in [0.15, 0.2) is 60.2 Å². The number of Topliss-reactive ketones (excluding diaryl/α,β-unsaturated/α-hetero) is 1. The van der Waals surface area contributed by atoms with Gasteiger partial charge in [-0.15, -0.1) is 0 Å². The van der Waals surface area contributed by atoms with Crippen LogP contribution in [0.5, 0.6) is 5.75 Å². The molecule has 0 aliphatic rings. The number of methoxy groups -OCH3 is 1. The minimum atomic E-state index is -1.42. The Morgan fingerprint density at radius 2 is 1.57 bits per heavy atom. The van der Waals surface area contributed by atoms with Crippen LogP contribution in [-0.2, 0) is 11.2 Å². The number of hydrogen-bond acceptors (Lipinski definition) is 7. The summed E-state index contributed by atoms with van der Waals surface area (Å²) in [6.07, 6.45) is 0.118. The molecule has 0 N–H and O–H groups in total. The summed E-state index contributed by atoms with van der Waals surface area (Å²) in [5.41, 5.74) is 5.71. The first-order valence-corrected chi connectivity index (χ1v) is 11.4. The van der Waals surface area contributed by atoms with Crippen LogP contribution in [-0.4, -0.2) is 27.6 Å². The molecular weight excluding hydrogens is 471 g/mol. The molecule has 0 spiro atoms. The molecule has 3 aromatic carbocycles. The summed E-state index contributed by atoms with van der Waals surface area (Å²) in [6.45, 7) is 5.79. The Bertz CT molecular complexity index is 1460. The standard InChI is InChI=1S/C27H24N2O4S.Na/c1-15-5-7-20(12-16(15)2)26(30)21(13-18-6-10-24(33-4)17(3)11-18)25(27(31)32)19-8-9-22-23(14-19)29-34-28-22;/h5-12,14H,13H2,1-4H3,(H,31,32);/q;+1/p-1. The van der Waals surface area contributed by atoms with Gasteiger partial charge in [0.15, 0.2) is 5.78 Å². The maximum Gasteiger partial charge on any atom is 1.00 e. The van der Waals surface area contributed by atoms with Gasteiger partial charge >= 0.3 is 29.6 Å². The van der Waals surface area contributed by atoms with Crippen molar-refractivity contribution in [1.82, 2.24) is 8.75 Å². The van der Waals surface area contributed by atoms with E-state index in [0.29, 0.717) is 22.2 Å². The number of aromatic nitrogens is 2. The molecule has 8 heteroatoms. The normalized spacial score (nSPS) is 11.5. The number of fused-ring (bicyclic) bond motifs is 1. The molecule has 0 fully saturated rings. The van der Waals surface area contributed by atoms with Gasteiger partial charge in [0, 0.05) is 23.1 Å². The van der Waals surface area contributed by atoms with Gasteiger partial charge in [0.2, 0.25) is 0 Å². The van der Waals surface area contributed by atoms with Crippen LogP contribution >= 0.6 is 11.7 Å². The van der Waals surface area contributed by atoms with Crippen molar-refractivity contribution < 1.29 is 49.0 Å². The first-order valence-electron chi connectivity index (χ1n) is 10.7. The summed E-state index contributed by atoms with van der Waals surface area (Å²) in [5, 5.41) is 12.5. The predicted molar refractivity (Wildman–Crippen MR) is 131 cm³/mol. The zero-order valence-electron chi connectivity index (χ0n) is 20.3. The van der Waals surface area contributed by atoms with E-state index in [2.05, 4.69) is 8.75 Å². The van der Waals surface area contributed by atoms with E-state index in [4.69, 9.17) is 4.74 Å². The molecule has 35 heavy (non-hydrogen) atoms. The number of nitrogens with zero attached hydrogens (tertiary/aromatic N) is 2. The van der Waals surface area contributed by atoms with Gasteiger partial charge < -0.3 is 14.6 Å². The van der Waals surface area contributed by atoms with Gasteiger partial charge in [-0.05, 0) is 72.9 Å². The van der Waals surface area contributed by atoms with Crippen molar-refractivity contribution in [2.45, 2.75) is 27.2 Å². The van der Waals surface area contributed by atoms with Gasteiger partial charge in [0.05, 0.1) is 24.8 Å². The number of ketones is 1. The molecule has 4 aromatic rings. The molecular formula is C27H23N2NaO4S. The summed E-state index contributed by atoms with van der Waals surface area (Å²) in [4.78, 5) is 26.2. The van der Waals surface area contributed by atoms with Crippen LogP contribution in [0.1, 0.15) is 38.2 Å². The van der Waals surface area contributed by atoms with Gasteiger partial charge in [0.1, 0.15) is 16.8 Å². The van der Waals surface area contributed by atoms with Gasteiger partial charge in [-0.25, -0.2) is 0 Å². The van der Waals surface area contributed by atoms with E-state index in [1.165, 1.54) is 0 Å². The van der Waals surface area contributed by atoms with Gasteiger partial charge in [0.25, 0.3) is 0 Å². The van der Waals surface area contributed by atoms with Crippen molar-refractivity contribution in [3.05, 3.63) is 93.6 Å². The monoisotopic (exact) mass is 494 g/mol. The van der Waals surface area contributed by atoms with Crippen LogP contribution in [0.3, 0.4) is 0 Å². The second kappa shape index (κ2) is 11.3. The molecule has 172 valence electrons. The summed E-state index contributed by atoms with van der Waals surface area (Å²) in [5.74, 6) is -1.05. The van der Waals surface area contributed by atoms with E-state index in [0.717, 1.165) is 39.7 Å². The van der Waals surface area contributed by atoms with Crippen molar-refractivity contribution in [2.75, 3.05) is 7.11 Å². The van der Waals surface area contributed by atoms with Crippen molar-refractivity contribution in [1.29, 1.82) is 0 Å². The number of carbonyl (C=O) groups excluding carboxylic acids is 2. The number of carbonyl (C=O) groups is 2. The van der Waals surface area contributed by atoms with Gasteiger partial charge in [-0.1, -0.05) is 30.3 Å². The van der Waals surface area contributed by atoms with Crippen molar-refractivity contribution in [3.8, 4) is 5.75 Å². The van der Waals surface area contributed by atoms with Crippen LogP contribution < -0.4 is 39.4 Å². The Labute approximate surface area is 230 Å². The van der Waals surface area contributed by atoms with E-state index < -0.39 is 5.97 Å². The number of aryl methyl sites for hydroxylation is 3. The molecule has 0 aliphatic heterocycles. The Kier molecular flexibility index (Phi) is 8.61. The van der Waals surface area contributed by atoms with Crippen LogP contribution in [0, 0.1) is 20.8 Å². The van der Waals surface area contributed by atoms with Crippen LogP contribution in [0.2, 0.25) is 0 Å². The largest absolute Gasteiger partial charge is 1.00 e. The number of rotatable bonds is 7. The van der Waals surface area contributed by atoms with Crippen LogP contribution in [0.25, 0.3) is 16.6 Å². The molecule has 0 atom stereocenters.